The molecule has 0 N–H and O–H groups in total. The molecule has 38 heavy (non-hydrogen) atoms. The maximum absolute atomic E-state index is 12.9. The summed E-state index contributed by atoms with van der Waals surface area (Å²) in [6, 6.07) is 12.3. The Kier molecular flexibility index (Phi) is 8.45. The summed E-state index contributed by atoms with van der Waals surface area (Å²) in [7, 11) is 5.91. The van der Waals surface area contributed by atoms with E-state index < -0.39 is 11.9 Å². The Morgan fingerprint density at radius 3 is 1.21 bits per heavy atom. The van der Waals surface area contributed by atoms with E-state index in [1.165, 1.54) is 14.2 Å². The van der Waals surface area contributed by atoms with Gasteiger partial charge in [0.05, 0.1) is 39.6 Å². The van der Waals surface area contributed by atoms with Crippen molar-refractivity contribution in [3.63, 3.8) is 0 Å². The van der Waals surface area contributed by atoms with Crippen LogP contribution in [0.15, 0.2) is 47.5 Å². The molecule has 1 aliphatic carbocycles. The molecule has 0 aliphatic heterocycles. The number of carbonyl (C=O) groups is 2. The molecule has 0 fully saturated rings. The molecule has 2 aromatic rings. The van der Waals surface area contributed by atoms with Gasteiger partial charge in [-0.05, 0) is 57.4 Å². The Hall–Kier alpha value is -3.54. The van der Waals surface area contributed by atoms with Crippen LogP contribution in [0.1, 0.15) is 76.6 Å². The van der Waals surface area contributed by atoms with Crippen molar-refractivity contribution in [3.05, 3.63) is 69.8 Å². The molecule has 0 spiro atoms. The maximum atomic E-state index is 12.9. The van der Waals surface area contributed by atoms with Gasteiger partial charge in [0, 0.05) is 24.0 Å². The number of carbonyl (C=O) groups excluding carboxylic acids is 2. The zero-order chi connectivity index (χ0) is 28.4. The van der Waals surface area contributed by atoms with Gasteiger partial charge in [0.15, 0.2) is 0 Å². The number of allylic oxidation sites excluding steroid dienone is 2. The Labute approximate surface area is 226 Å². The fourth-order valence-corrected chi connectivity index (χ4v) is 4.75. The third-order valence-corrected chi connectivity index (χ3v) is 7.08. The predicted molar refractivity (Wildman–Crippen MR) is 150 cm³/mol. The van der Waals surface area contributed by atoms with E-state index in [1.807, 2.05) is 12.1 Å². The first-order valence-corrected chi connectivity index (χ1v) is 12.7. The highest BCUT2D eigenvalue weighted by molar-refractivity contribution is 6.09. The number of hydrogen-bond donors (Lipinski definition) is 0. The molecule has 204 valence electrons. The largest absolute Gasteiger partial charge is 0.496 e. The lowest BCUT2D eigenvalue weighted by molar-refractivity contribution is -0.139. The number of rotatable bonds is 6. The van der Waals surface area contributed by atoms with E-state index in [4.69, 9.17) is 18.9 Å². The minimum absolute atomic E-state index is 0.113. The molecule has 0 heterocycles. The van der Waals surface area contributed by atoms with Gasteiger partial charge in [0.2, 0.25) is 0 Å². The Morgan fingerprint density at radius 1 is 0.605 bits per heavy atom. The average Bonchev–Trinajstić information content (AvgIpc) is 2.89. The molecule has 0 saturated carbocycles. The molecule has 0 radical (unpaired) electrons. The number of methoxy groups -OCH3 is 4. The van der Waals surface area contributed by atoms with Gasteiger partial charge >= 0.3 is 11.9 Å². The molecule has 1 aliphatic rings. The van der Waals surface area contributed by atoms with E-state index in [9.17, 15) is 9.59 Å². The van der Waals surface area contributed by atoms with Crippen LogP contribution >= 0.6 is 0 Å². The number of ether oxygens (including phenoxy) is 4. The first-order chi connectivity index (χ1) is 17.8. The van der Waals surface area contributed by atoms with Gasteiger partial charge in [-0.25, -0.2) is 9.59 Å². The Balaban J connectivity index is 2.45. The molecular weight excluding hydrogens is 480 g/mol. The minimum atomic E-state index is -0.552. The zero-order valence-corrected chi connectivity index (χ0v) is 24.3. The smallest absolute Gasteiger partial charge is 0.334 e. The highest BCUT2D eigenvalue weighted by Gasteiger charge is 2.33. The highest BCUT2D eigenvalue weighted by atomic mass is 16.5. The van der Waals surface area contributed by atoms with Gasteiger partial charge in [-0.2, -0.15) is 0 Å². The third kappa shape index (κ3) is 5.79. The molecule has 6 heteroatoms. The SMILES string of the molecule is COC(=O)C1=C(C(=O)OC)CC(c2cc(C(C)(C)C)ccc2OC)=C(c2cc(C(C)(C)C)ccc2OC)C1. The van der Waals surface area contributed by atoms with Crippen molar-refractivity contribution in [2.24, 2.45) is 0 Å². The molecule has 0 amide bonds. The third-order valence-electron chi connectivity index (χ3n) is 7.08. The van der Waals surface area contributed by atoms with Gasteiger partial charge < -0.3 is 18.9 Å². The van der Waals surface area contributed by atoms with Gasteiger partial charge in [0.1, 0.15) is 11.5 Å². The van der Waals surface area contributed by atoms with Crippen molar-refractivity contribution in [3.8, 4) is 11.5 Å². The lowest BCUT2D eigenvalue weighted by Gasteiger charge is -2.29. The van der Waals surface area contributed by atoms with Crippen molar-refractivity contribution in [2.75, 3.05) is 28.4 Å². The van der Waals surface area contributed by atoms with Crippen molar-refractivity contribution in [1.29, 1.82) is 0 Å². The van der Waals surface area contributed by atoms with Gasteiger partial charge in [-0.3, -0.25) is 0 Å². The second-order valence-electron chi connectivity index (χ2n) is 11.6. The molecule has 2 aromatic carbocycles. The molecule has 3 rings (SSSR count). The van der Waals surface area contributed by atoms with E-state index in [1.54, 1.807) is 14.2 Å². The summed E-state index contributed by atoms with van der Waals surface area (Å²) >= 11 is 0. The molecule has 0 unspecified atom stereocenters. The van der Waals surface area contributed by atoms with E-state index in [-0.39, 0.29) is 34.8 Å². The molecule has 0 saturated heterocycles. The van der Waals surface area contributed by atoms with Crippen LogP contribution in [0, 0.1) is 0 Å². The molecule has 0 atom stereocenters. The van der Waals surface area contributed by atoms with Crippen LogP contribution in [0.5, 0.6) is 11.5 Å². The van der Waals surface area contributed by atoms with Crippen molar-refractivity contribution in [2.45, 2.75) is 65.2 Å². The fraction of sp³-hybridized carbons (Fsp3) is 0.438. The molecule has 0 bridgehead atoms. The Morgan fingerprint density at radius 2 is 0.947 bits per heavy atom. The summed E-state index contributed by atoms with van der Waals surface area (Å²) in [5, 5.41) is 0. The normalized spacial score (nSPS) is 14.4. The first-order valence-electron chi connectivity index (χ1n) is 12.7. The van der Waals surface area contributed by atoms with Crippen LogP contribution in [-0.2, 0) is 29.9 Å². The number of hydrogen-bond acceptors (Lipinski definition) is 6. The molecule has 6 nitrogen and oxygen atoms in total. The number of esters is 2. The summed E-state index contributed by atoms with van der Waals surface area (Å²) in [6.45, 7) is 12.9. The number of benzene rings is 2. The van der Waals surface area contributed by atoms with Crippen molar-refractivity contribution >= 4 is 23.1 Å². The van der Waals surface area contributed by atoms with Crippen LogP contribution in [-0.4, -0.2) is 40.4 Å². The summed E-state index contributed by atoms with van der Waals surface area (Å²) in [5.74, 6) is 0.260. The predicted octanol–water partition coefficient (Wildman–Crippen LogP) is 6.65. The monoisotopic (exact) mass is 520 g/mol. The summed E-state index contributed by atoms with van der Waals surface area (Å²) < 4.78 is 21.8. The minimum Gasteiger partial charge on any atom is -0.496 e. The summed E-state index contributed by atoms with van der Waals surface area (Å²) in [4.78, 5) is 25.9. The molecular formula is C32H40O6. The highest BCUT2D eigenvalue weighted by Crippen LogP contribution is 2.47. The molecule has 0 aromatic heterocycles. The first kappa shape index (κ1) is 29.0. The lowest BCUT2D eigenvalue weighted by atomic mass is 9.77. The van der Waals surface area contributed by atoms with E-state index >= 15 is 0 Å². The average molecular weight is 521 g/mol. The zero-order valence-electron chi connectivity index (χ0n) is 24.3. The van der Waals surface area contributed by atoms with E-state index in [2.05, 4.69) is 65.8 Å². The topological polar surface area (TPSA) is 71.1 Å². The Bertz CT molecular complexity index is 1200. The van der Waals surface area contributed by atoms with Gasteiger partial charge in [0.25, 0.3) is 0 Å². The van der Waals surface area contributed by atoms with E-state index in [0.29, 0.717) is 11.5 Å². The second kappa shape index (κ2) is 11.1. The quantitative estimate of drug-likeness (QED) is 0.397. The summed E-state index contributed by atoms with van der Waals surface area (Å²) in [5.41, 5.74) is 6.08. The fourth-order valence-electron chi connectivity index (χ4n) is 4.75. The van der Waals surface area contributed by atoms with Gasteiger partial charge in [-0.15, -0.1) is 0 Å². The van der Waals surface area contributed by atoms with Crippen molar-refractivity contribution < 1.29 is 28.5 Å². The van der Waals surface area contributed by atoms with Gasteiger partial charge in [-0.1, -0.05) is 53.7 Å². The standard InChI is InChI=1S/C32H40O6/c1-31(2,3)19-11-13-27(35-7)23(15-19)21-17-25(29(33)37-9)26(30(34)38-10)18-22(21)24-16-20(32(4,5)6)12-14-28(24)36-8/h11-16H,17-18H2,1-10H3. The van der Waals surface area contributed by atoms with Crippen LogP contribution in [0.2, 0.25) is 0 Å². The summed E-state index contributed by atoms with van der Waals surface area (Å²) in [6.07, 6.45) is 0.360. The lowest BCUT2D eigenvalue weighted by Crippen LogP contribution is -2.20. The van der Waals surface area contributed by atoms with Crippen LogP contribution < -0.4 is 9.47 Å². The van der Waals surface area contributed by atoms with Crippen molar-refractivity contribution in [1.82, 2.24) is 0 Å². The van der Waals surface area contributed by atoms with Crippen LogP contribution in [0.4, 0.5) is 0 Å². The second-order valence-corrected chi connectivity index (χ2v) is 11.6. The van der Waals surface area contributed by atoms with E-state index in [0.717, 1.165) is 33.4 Å². The maximum Gasteiger partial charge on any atom is 0.334 e. The van der Waals surface area contributed by atoms with Crippen LogP contribution in [0.3, 0.4) is 0 Å². The van der Waals surface area contributed by atoms with Crippen LogP contribution in [0.25, 0.3) is 11.1 Å².